The number of likely N-dealkylation sites (N-methyl/N-ethyl adjacent to an activating group) is 2. The van der Waals surface area contributed by atoms with Gasteiger partial charge in [-0.2, -0.15) is 0 Å². The highest BCUT2D eigenvalue weighted by Crippen LogP contribution is 2.36. The maximum Gasteiger partial charge on any atom is 0.231 e. The minimum atomic E-state index is -0.177. The van der Waals surface area contributed by atoms with Gasteiger partial charge in [-0.3, -0.25) is 4.79 Å². The highest BCUT2D eigenvalue weighted by molar-refractivity contribution is 6.19. The number of fused-ring (bicyclic) bond motifs is 3. The zero-order valence-electron chi connectivity index (χ0n) is 19.3. The lowest BCUT2D eigenvalue weighted by Crippen LogP contribution is -2.28. The number of nitrogens with zero attached hydrogens (tertiary/aromatic N) is 4. The molecule has 0 saturated heterocycles. The maximum absolute atomic E-state index is 12.9. The molecule has 32 heavy (non-hydrogen) atoms. The van der Waals surface area contributed by atoms with E-state index in [1.54, 1.807) is 0 Å². The van der Waals surface area contributed by atoms with E-state index in [0.717, 1.165) is 50.4 Å². The van der Waals surface area contributed by atoms with E-state index in [0.29, 0.717) is 36.4 Å². The number of hydrogen-bond acceptors (Lipinski definition) is 7. The van der Waals surface area contributed by atoms with Crippen molar-refractivity contribution in [2.45, 2.75) is 27.7 Å². The number of aromatic nitrogens is 2. The minimum absolute atomic E-state index is 0. The van der Waals surface area contributed by atoms with Gasteiger partial charge >= 0.3 is 0 Å². The molecule has 0 radical (unpaired) electrons. The third kappa shape index (κ3) is 6.54. The number of hydrogen-bond donors (Lipinski definition) is 0. The predicted molar refractivity (Wildman–Crippen MR) is 132 cm³/mol. The van der Waals surface area contributed by atoms with Crippen molar-refractivity contribution in [3.05, 3.63) is 35.7 Å². The average molecular weight is 485 g/mol. The Morgan fingerprint density at radius 3 is 1.41 bits per heavy atom. The fourth-order valence-corrected chi connectivity index (χ4v) is 3.57. The van der Waals surface area contributed by atoms with Crippen molar-refractivity contribution in [3.8, 4) is 22.9 Å². The number of halogens is 2. The molecule has 178 valence electrons. The standard InChI is InChI=1S/C23H32N4O3.2ClH/c1-5-26(6-2)13-15-29-19-11-9-17-18-10-12-20(30-16-14-27(7-3)8-4)25-22(18)23(28)21(17)24-19;;/h9-12H,5-8,13-16H2,1-4H3;2*1H. The smallest absolute Gasteiger partial charge is 0.231 e. The molecule has 2 aromatic heterocycles. The molecule has 0 aliphatic heterocycles. The first-order valence-electron chi connectivity index (χ1n) is 10.9. The van der Waals surface area contributed by atoms with Gasteiger partial charge < -0.3 is 19.3 Å². The zero-order valence-corrected chi connectivity index (χ0v) is 20.9. The summed E-state index contributed by atoms with van der Waals surface area (Å²) in [7, 11) is 0. The van der Waals surface area contributed by atoms with Gasteiger partial charge in [0.15, 0.2) is 0 Å². The van der Waals surface area contributed by atoms with Crippen LogP contribution in [0.5, 0.6) is 11.8 Å². The fraction of sp³-hybridized carbons (Fsp3) is 0.522. The number of ether oxygens (including phenoxy) is 2. The van der Waals surface area contributed by atoms with Crippen LogP contribution in [0, 0.1) is 0 Å². The van der Waals surface area contributed by atoms with Crippen LogP contribution in [0.25, 0.3) is 11.1 Å². The number of rotatable bonds is 12. The molecule has 7 nitrogen and oxygen atoms in total. The van der Waals surface area contributed by atoms with Crippen molar-refractivity contribution in [1.82, 2.24) is 19.8 Å². The molecule has 2 aromatic rings. The Labute approximate surface area is 203 Å². The molecule has 0 bridgehead atoms. The van der Waals surface area contributed by atoms with E-state index in [2.05, 4.69) is 47.5 Å². The Morgan fingerprint density at radius 1 is 0.688 bits per heavy atom. The zero-order chi connectivity index (χ0) is 21.5. The Kier molecular flexibility index (Phi) is 11.9. The summed E-state index contributed by atoms with van der Waals surface area (Å²) in [5, 5.41) is 0. The fourth-order valence-electron chi connectivity index (χ4n) is 3.57. The molecule has 1 aliphatic carbocycles. The van der Waals surface area contributed by atoms with Crippen molar-refractivity contribution >= 4 is 30.6 Å². The van der Waals surface area contributed by atoms with Gasteiger partial charge in [-0.25, -0.2) is 9.97 Å². The lowest BCUT2D eigenvalue weighted by molar-refractivity contribution is 0.103. The maximum atomic E-state index is 12.9. The second kappa shape index (κ2) is 13.6. The van der Waals surface area contributed by atoms with Crippen LogP contribution >= 0.6 is 24.8 Å². The highest BCUT2D eigenvalue weighted by atomic mass is 35.5. The molecule has 3 rings (SSSR count). The Hall–Kier alpha value is -1.93. The van der Waals surface area contributed by atoms with Crippen LogP contribution in [0.3, 0.4) is 0 Å². The summed E-state index contributed by atoms with van der Waals surface area (Å²) in [4.78, 5) is 26.4. The van der Waals surface area contributed by atoms with Gasteiger partial charge in [0.2, 0.25) is 17.5 Å². The minimum Gasteiger partial charge on any atom is -0.476 e. The molecule has 0 spiro atoms. The lowest BCUT2D eigenvalue weighted by Gasteiger charge is -2.17. The van der Waals surface area contributed by atoms with E-state index in [1.807, 2.05) is 24.3 Å². The first-order chi connectivity index (χ1) is 14.6. The van der Waals surface area contributed by atoms with Crippen LogP contribution in [0.4, 0.5) is 0 Å². The normalized spacial score (nSPS) is 11.6. The van der Waals surface area contributed by atoms with Crippen LogP contribution in [0.15, 0.2) is 24.3 Å². The van der Waals surface area contributed by atoms with Gasteiger partial charge in [0.05, 0.1) is 0 Å². The number of pyridine rings is 2. The van der Waals surface area contributed by atoms with E-state index in [1.165, 1.54) is 0 Å². The van der Waals surface area contributed by atoms with Crippen molar-refractivity contribution in [3.63, 3.8) is 0 Å². The third-order valence-electron chi connectivity index (χ3n) is 5.56. The molecule has 9 heteroatoms. The molecule has 0 aromatic carbocycles. The van der Waals surface area contributed by atoms with Crippen molar-refractivity contribution in [2.75, 3.05) is 52.5 Å². The predicted octanol–water partition coefficient (Wildman–Crippen LogP) is 3.97. The molecule has 2 heterocycles. The van der Waals surface area contributed by atoms with Crippen LogP contribution in [0.2, 0.25) is 0 Å². The number of carbonyl (C=O) groups is 1. The molecular formula is C23H34Cl2N4O3. The molecular weight excluding hydrogens is 451 g/mol. The summed E-state index contributed by atoms with van der Waals surface area (Å²) >= 11 is 0. The third-order valence-corrected chi connectivity index (χ3v) is 5.56. The van der Waals surface area contributed by atoms with Gasteiger partial charge in [0.25, 0.3) is 0 Å². The second-order valence-electron chi connectivity index (χ2n) is 7.17. The molecule has 0 fully saturated rings. The van der Waals surface area contributed by atoms with E-state index in [-0.39, 0.29) is 30.6 Å². The van der Waals surface area contributed by atoms with Crippen molar-refractivity contribution < 1.29 is 14.3 Å². The quantitative estimate of drug-likeness (QED) is 0.385. The van der Waals surface area contributed by atoms with Crippen LogP contribution in [0.1, 0.15) is 43.9 Å². The number of carbonyl (C=O) groups excluding carboxylic acids is 1. The Bertz CT molecular complexity index is 805. The van der Waals surface area contributed by atoms with Crippen molar-refractivity contribution in [1.29, 1.82) is 0 Å². The van der Waals surface area contributed by atoms with E-state index >= 15 is 0 Å². The van der Waals surface area contributed by atoms with Crippen LogP contribution in [-0.2, 0) is 0 Å². The first kappa shape index (κ1) is 28.1. The molecule has 0 amide bonds. The summed E-state index contributed by atoms with van der Waals surface area (Å²) in [5.74, 6) is 0.763. The Morgan fingerprint density at radius 2 is 1.06 bits per heavy atom. The summed E-state index contributed by atoms with van der Waals surface area (Å²) in [6.07, 6.45) is 0. The second-order valence-corrected chi connectivity index (χ2v) is 7.17. The summed E-state index contributed by atoms with van der Waals surface area (Å²) in [6, 6.07) is 7.42. The van der Waals surface area contributed by atoms with E-state index in [4.69, 9.17) is 9.47 Å². The molecule has 1 aliphatic rings. The molecule has 0 saturated carbocycles. The van der Waals surface area contributed by atoms with Gasteiger partial charge in [-0.15, -0.1) is 24.8 Å². The summed E-state index contributed by atoms with van der Waals surface area (Å²) in [5.41, 5.74) is 2.40. The van der Waals surface area contributed by atoms with Gasteiger partial charge in [-0.1, -0.05) is 27.7 Å². The summed E-state index contributed by atoms with van der Waals surface area (Å²) in [6.45, 7) is 15.2. The molecule has 0 unspecified atom stereocenters. The average Bonchev–Trinajstić information content (AvgIpc) is 3.05. The Balaban J connectivity index is 0.00000256. The van der Waals surface area contributed by atoms with Gasteiger partial charge in [-0.05, 0) is 38.3 Å². The SMILES string of the molecule is CCN(CC)CCOc1ccc2c(n1)C(=O)c1nc(OCCN(CC)CC)ccc1-2.Cl.Cl. The van der Waals surface area contributed by atoms with Gasteiger partial charge in [0, 0.05) is 36.3 Å². The summed E-state index contributed by atoms with van der Waals surface area (Å²) < 4.78 is 11.6. The lowest BCUT2D eigenvalue weighted by atomic mass is 10.1. The van der Waals surface area contributed by atoms with Crippen molar-refractivity contribution in [2.24, 2.45) is 0 Å². The topological polar surface area (TPSA) is 67.8 Å². The van der Waals surface area contributed by atoms with Crippen LogP contribution < -0.4 is 9.47 Å². The molecule has 0 N–H and O–H groups in total. The highest BCUT2D eigenvalue weighted by Gasteiger charge is 2.30. The largest absolute Gasteiger partial charge is 0.476 e. The van der Waals surface area contributed by atoms with Crippen LogP contribution in [-0.4, -0.2) is 78.0 Å². The van der Waals surface area contributed by atoms with E-state index < -0.39 is 0 Å². The van der Waals surface area contributed by atoms with Gasteiger partial charge in [0.1, 0.15) is 24.6 Å². The number of ketones is 1. The van der Waals surface area contributed by atoms with E-state index in [9.17, 15) is 4.79 Å². The molecule has 0 atom stereocenters. The first-order valence-corrected chi connectivity index (χ1v) is 10.9. The monoisotopic (exact) mass is 484 g/mol.